The predicted molar refractivity (Wildman–Crippen MR) is 110 cm³/mol. The number of halogens is 1. The molecule has 1 amide bonds. The molecule has 4 N–H and O–H groups in total. The van der Waals surface area contributed by atoms with Crippen LogP contribution in [0.1, 0.15) is 18.9 Å². The van der Waals surface area contributed by atoms with Crippen LogP contribution >= 0.6 is 15.9 Å². The molecule has 1 heterocycles. The first-order chi connectivity index (χ1) is 12.9. The average molecular weight is 453 g/mol. The Morgan fingerprint density at radius 3 is 2.59 bits per heavy atom. The van der Waals surface area contributed by atoms with E-state index in [4.69, 9.17) is 0 Å². The molecule has 27 heavy (non-hydrogen) atoms. The summed E-state index contributed by atoms with van der Waals surface area (Å²) in [6.45, 7) is 2.04. The normalized spacial score (nSPS) is 19.6. The topological polar surface area (TPSA) is 99.3 Å². The van der Waals surface area contributed by atoms with Gasteiger partial charge in [0.05, 0.1) is 0 Å². The number of carbonyl (C=O) groups excluding carboxylic acids is 1. The Bertz CT molecular complexity index is 918. The highest BCUT2D eigenvalue weighted by Crippen LogP contribution is 2.19. The van der Waals surface area contributed by atoms with Crippen molar-refractivity contribution in [2.24, 2.45) is 0 Å². The molecule has 1 aliphatic heterocycles. The predicted octanol–water partition coefficient (Wildman–Crippen LogP) is 2.58. The highest BCUT2D eigenvalue weighted by Gasteiger charge is 2.37. The van der Waals surface area contributed by atoms with Crippen LogP contribution in [-0.4, -0.2) is 25.7 Å². The Morgan fingerprint density at radius 1 is 1.15 bits per heavy atom. The minimum absolute atomic E-state index is 0.116. The Hall–Kier alpha value is -1.94. The van der Waals surface area contributed by atoms with Gasteiger partial charge in [0.15, 0.2) is 0 Å². The number of hydrogen-bond donors (Lipinski definition) is 4. The van der Waals surface area contributed by atoms with E-state index < -0.39 is 21.4 Å². The number of rotatable bonds is 6. The molecule has 2 atom stereocenters. The lowest BCUT2D eigenvalue weighted by atomic mass is 10.1. The molecule has 1 fully saturated rings. The van der Waals surface area contributed by atoms with Gasteiger partial charge in [-0.15, -0.1) is 0 Å². The molecule has 9 heteroatoms. The molecule has 0 bridgehead atoms. The number of benzene rings is 2. The third-order valence-electron chi connectivity index (χ3n) is 4.27. The fourth-order valence-corrected chi connectivity index (χ4v) is 4.29. The van der Waals surface area contributed by atoms with Crippen LogP contribution in [0, 0.1) is 0 Å². The third-order valence-corrected chi connectivity index (χ3v) is 6.37. The van der Waals surface area contributed by atoms with Crippen molar-refractivity contribution in [1.29, 1.82) is 0 Å². The fourth-order valence-electron chi connectivity index (χ4n) is 2.75. The first-order valence-corrected chi connectivity index (χ1v) is 10.9. The molecule has 144 valence electrons. The van der Waals surface area contributed by atoms with Crippen LogP contribution in [0.4, 0.5) is 11.4 Å². The molecule has 2 aromatic carbocycles. The van der Waals surface area contributed by atoms with E-state index >= 15 is 0 Å². The molecular formula is C18H21BrN4O3S. The molecule has 1 saturated heterocycles. The zero-order chi connectivity index (χ0) is 19.4. The minimum Gasteiger partial charge on any atom is -0.325 e. The summed E-state index contributed by atoms with van der Waals surface area (Å²) in [5.74, 6) is -0.280. The zero-order valence-corrected chi connectivity index (χ0v) is 17.1. The SMILES string of the molecule is CCc1cccc(NC(=O)C2CC(S(=O)(=O)Nc3ccc(Br)cc3)NN2)c1. The van der Waals surface area contributed by atoms with E-state index in [1.54, 1.807) is 24.3 Å². The average Bonchev–Trinajstić information content (AvgIpc) is 3.15. The van der Waals surface area contributed by atoms with Gasteiger partial charge in [0.2, 0.25) is 15.9 Å². The highest BCUT2D eigenvalue weighted by molar-refractivity contribution is 9.10. The van der Waals surface area contributed by atoms with Gasteiger partial charge in [0, 0.05) is 22.3 Å². The maximum atomic E-state index is 12.5. The van der Waals surface area contributed by atoms with E-state index in [-0.39, 0.29) is 12.3 Å². The molecule has 0 aliphatic carbocycles. The van der Waals surface area contributed by atoms with Crippen molar-refractivity contribution in [2.75, 3.05) is 10.0 Å². The van der Waals surface area contributed by atoms with E-state index in [1.165, 1.54) is 0 Å². The molecule has 0 radical (unpaired) electrons. The van der Waals surface area contributed by atoms with Crippen molar-refractivity contribution in [2.45, 2.75) is 31.2 Å². The number of hydrazine groups is 1. The van der Waals surface area contributed by atoms with Crippen molar-refractivity contribution in [3.05, 3.63) is 58.6 Å². The van der Waals surface area contributed by atoms with Gasteiger partial charge in [-0.25, -0.2) is 19.3 Å². The standard InChI is InChI=1S/C18H21BrN4O3S/c1-2-12-4-3-5-15(10-12)20-18(24)16-11-17(22-21-16)27(25,26)23-14-8-6-13(19)7-9-14/h3-10,16-17,21-23H,2,11H2,1H3,(H,20,24). The molecular weight excluding hydrogens is 432 g/mol. The van der Waals surface area contributed by atoms with Crippen LogP contribution in [0.3, 0.4) is 0 Å². The quantitative estimate of drug-likeness (QED) is 0.539. The van der Waals surface area contributed by atoms with Gasteiger partial charge < -0.3 is 5.32 Å². The summed E-state index contributed by atoms with van der Waals surface area (Å²) >= 11 is 3.31. The van der Waals surface area contributed by atoms with Gasteiger partial charge in [-0.2, -0.15) is 0 Å². The van der Waals surface area contributed by atoms with E-state index in [1.807, 2.05) is 31.2 Å². The minimum atomic E-state index is -3.69. The van der Waals surface area contributed by atoms with Crippen molar-refractivity contribution in [1.82, 2.24) is 10.9 Å². The van der Waals surface area contributed by atoms with Crippen LogP contribution in [0.2, 0.25) is 0 Å². The lowest BCUT2D eigenvalue weighted by Crippen LogP contribution is -2.42. The van der Waals surface area contributed by atoms with Crippen LogP contribution in [0.5, 0.6) is 0 Å². The number of sulfonamides is 1. The maximum absolute atomic E-state index is 12.5. The molecule has 7 nitrogen and oxygen atoms in total. The number of carbonyl (C=O) groups is 1. The zero-order valence-electron chi connectivity index (χ0n) is 14.7. The van der Waals surface area contributed by atoms with E-state index in [0.717, 1.165) is 16.5 Å². The van der Waals surface area contributed by atoms with Gasteiger partial charge in [0.1, 0.15) is 11.4 Å². The summed E-state index contributed by atoms with van der Waals surface area (Å²) in [5.41, 5.74) is 7.74. The van der Waals surface area contributed by atoms with Crippen molar-refractivity contribution >= 4 is 43.2 Å². The molecule has 2 aromatic rings. The maximum Gasteiger partial charge on any atom is 0.250 e. The van der Waals surface area contributed by atoms with Gasteiger partial charge in [-0.1, -0.05) is 35.0 Å². The van der Waals surface area contributed by atoms with Gasteiger partial charge in [-0.3, -0.25) is 9.52 Å². The second kappa shape index (κ2) is 8.39. The molecule has 2 unspecified atom stereocenters. The largest absolute Gasteiger partial charge is 0.325 e. The van der Waals surface area contributed by atoms with Crippen LogP contribution in [-0.2, 0) is 21.2 Å². The summed E-state index contributed by atoms with van der Waals surface area (Å²) in [5, 5.41) is 1.91. The van der Waals surface area contributed by atoms with Crippen molar-refractivity contribution in [3.8, 4) is 0 Å². The Kier molecular flexibility index (Phi) is 6.15. The van der Waals surface area contributed by atoms with Crippen LogP contribution in [0.15, 0.2) is 53.0 Å². The second-order valence-electron chi connectivity index (χ2n) is 6.26. The smallest absolute Gasteiger partial charge is 0.250 e. The molecule has 1 aliphatic rings. The monoisotopic (exact) mass is 452 g/mol. The Balaban J connectivity index is 1.61. The number of amides is 1. The number of nitrogens with one attached hydrogen (secondary N) is 4. The Morgan fingerprint density at radius 2 is 1.89 bits per heavy atom. The van der Waals surface area contributed by atoms with Crippen molar-refractivity contribution in [3.63, 3.8) is 0 Å². The summed E-state index contributed by atoms with van der Waals surface area (Å²) < 4.78 is 28.5. The van der Waals surface area contributed by atoms with Gasteiger partial charge >= 0.3 is 0 Å². The van der Waals surface area contributed by atoms with Crippen molar-refractivity contribution < 1.29 is 13.2 Å². The summed E-state index contributed by atoms with van der Waals surface area (Å²) in [6, 6.07) is 13.8. The fraction of sp³-hybridized carbons (Fsp3) is 0.278. The van der Waals surface area contributed by atoms with Gasteiger partial charge in [0.25, 0.3) is 0 Å². The molecule has 0 saturated carbocycles. The first-order valence-electron chi connectivity index (χ1n) is 8.55. The van der Waals surface area contributed by atoms with E-state index in [2.05, 4.69) is 36.8 Å². The third kappa shape index (κ3) is 5.07. The van der Waals surface area contributed by atoms with E-state index in [0.29, 0.717) is 11.4 Å². The van der Waals surface area contributed by atoms with E-state index in [9.17, 15) is 13.2 Å². The molecule has 0 aromatic heterocycles. The lowest BCUT2D eigenvalue weighted by Gasteiger charge is -2.13. The highest BCUT2D eigenvalue weighted by atomic mass is 79.9. The summed E-state index contributed by atoms with van der Waals surface area (Å²) in [4.78, 5) is 12.4. The first kappa shape index (κ1) is 19.8. The number of aryl methyl sites for hydroxylation is 1. The molecule has 3 rings (SSSR count). The summed E-state index contributed by atoms with van der Waals surface area (Å²) in [7, 11) is -3.69. The Labute approximate surface area is 167 Å². The van der Waals surface area contributed by atoms with Crippen LogP contribution < -0.4 is 20.9 Å². The lowest BCUT2D eigenvalue weighted by molar-refractivity contribution is -0.117. The van der Waals surface area contributed by atoms with Gasteiger partial charge in [-0.05, 0) is 48.4 Å². The van der Waals surface area contributed by atoms with Crippen LogP contribution in [0.25, 0.3) is 0 Å². The second-order valence-corrected chi connectivity index (χ2v) is 9.04. The molecule has 0 spiro atoms. The number of hydrogen-bond acceptors (Lipinski definition) is 5. The summed E-state index contributed by atoms with van der Waals surface area (Å²) in [6.07, 6.45) is 0.986. The number of anilines is 2.